The third-order valence-electron chi connectivity index (χ3n) is 6.08. The Morgan fingerprint density at radius 2 is 1.72 bits per heavy atom. The highest BCUT2D eigenvalue weighted by atomic mass is 19.1. The molecule has 1 atom stereocenters. The van der Waals surface area contributed by atoms with Gasteiger partial charge in [0.25, 0.3) is 5.91 Å². The molecular formula is C23H26FN3O2. The van der Waals surface area contributed by atoms with Crippen LogP contribution in [0.2, 0.25) is 0 Å². The second kappa shape index (κ2) is 7.95. The maximum atomic E-state index is 13.8. The van der Waals surface area contributed by atoms with Gasteiger partial charge in [0.05, 0.1) is 6.04 Å². The Labute approximate surface area is 170 Å². The first kappa shape index (κ1) is 19.6. The highest BCUT2D eigenvalue weighted by Gasteiger charge is 2.33. The number of nitrogens with zero attached hydrogens (tertiary/aromatic N) is 3. The molecule has 2 heterocycles. The first-order valence-corrected chi connectivity index (χ1v) is 10.1. The quantitative estimate of drug-likeness (QED) is 0.803. The molecule has 0 spiro atoms. The molecule has 0 aromatic heterocycles. The average Bonchev–Trinajstić information content (AvgIpc) is 3.18. The lowest BCUT2D eigenvalue weighted by Crippen LogP contribution is -2.55. The molecule has 1 saturated heterocycles. The lowest BCUT2D eigenvalue weighted by Gasteiger charge is -2.38. The van der Waals surface area contributed by atoms with Crippen molar-refractivity contribution in [2.75, 3.05) is 37.6 Å². The van der Waals surface area contributed by atoms with Crippen LogP contribution in [0.1, 0.15) is 28.4 Å². The van der Waals surface area contributed by atoms with Crippen LogP contribution < -0.4 is 4.90 Å². The standard InChI is InChI=1S/C23H26FN3O2/c1-16-7-8-19(15-20(16)24)23(29)26-13-11-25(12-14-26)17(2)22(28)27-10-9-18-5-3-4-6-21(18)27/h3-8,15,17H,9-14H2,1-2H3. The van der Waals surface area contributed by atoms with Crippen molar-refractivity contribution < 1.29 is 14.0 Å². The highest BCUT2D eigenvalue weighted by molar-refractivity contribution is 5.99. The summed E-state index contributed by atoms with van der Waals surface area (Å²) in [5.41, 5.74) is 3.13. The maximum Gasteiger partial charge on any atom is 0.254 e. The first-order valence-electron chi connectivity index (χ1n) is 10.1. The number of piperazine rings is 1. The zero-order chi connectivity index (χ0) is 20.5. The zero-order valence-electron chi connectivity index (χ0n) is 16.9. The van der Waals surface area contributed by atoms with Gasteiger partial charge >= 0.3 is 0 Å². The minimum atomic E-state index is -0.361. The van der Waals surface area contributed by atoms with E-state index < -0.39 is 0 Å². The van der Waals surface area contributed by atoms with Crippen molar-refractivity contribution in [3.05, 3.63) is 65.0 Å². The molecule has 2 aliphatic heterocycles. The Bertz CT molecular complexity index is 937. The van der Waals surface area contributed by atoms with Gasteiger partial charge in [-0.25, -0.2) is 4.39 Å². The van der Waals surface area contributed by atoms with Crippen molar-refractivity contribution in [2.24, 2.45) is 0 Å². The Morgan fingerprint density at radius 1 is 1.00 bits per heavy atom. The molecule has 2 aromatic carbocycles. The van der Waals surface area contributed by atoms with Crippen LogP contribution >= 0.6 is 0 Å². The van der Waals surface area contributed by atoms with Crippen LogP contribution in [0.25, 0.3) is 0 Å². The van der Waals surface area contributed by atoms with E-state index in [0.717, 1.165) is 18.7 Å². The van der Waals surface area contributed by atoms with Gasteiger partial charge in [0.1, 0.15) is 5.82 Å². The molecule has 0 radical (unpaired) electrons. The molecule has 5 nitrogen and oxygen atoms in total. The van der Waals surface area contributed by atoms with Crippen molar-refractivity contribution in [2.45, 2.75) is 26.3 Å². The van der Waals surface area contributed by atoms with E-state index in [2.05, 4.69) is 11.0 Å². The SMILES string of the molecule is Cc1ccc(C(=O)N2CCN(C(C)C(=O)N3CCc4ccccc43)CC2)cc1F. The number of halogens is 1. The van der Waals surface area contributed by atoms with Gasteiger partial charge < -0.3 is 9.80 Å². The van der Waals surface area contributed by atoms with E-state index in [9.17, 15) is 14.0 Å². The van der Waals surface area contributed by atoms with Crippen LogP contribution in [0.15, 0.2) is 42.5 Å². The second-order valence-corrected chi connectivity index (χ2v) is 7.84. The highest BCUT2D eigenvalue weighted by Crippen LogP contribution is 2.28. The largest absolute Gasteiger partial charge is 0.336 e. The molecule has 2 aromatic rings. The number of carbonyl (C=O) groups excluding carboxylic acids is 2. The van der Waals surface area contributed by atoms with Gasteiger partial charge in [0, 0.05) is 44.0 Å². The minimum Gasteiger partial charge on any atom is -0.336 e. The summed E-state index contributed by atoms with van der Waals surface area (Å²) in [4.78, 5) is 31.5. The summed E-state index contributed by atoms with van der Waals surface area (Å²) >= 11 is 0. The van der Waals surface area contributed by atoms with E-state index in [1.165, 1.54) is 11.6 Å². The van der Waals surface area contributed by atoms with E-state index in [1.807, 2.05) is 30.0 Å². The molecule has 0 N–H and O–H groups in total. The number of amides is 2. The van der Waals surface area contributed by atoms with E-state index in [-0.39, 0.29) is 23.7 Å². The summed E-state index contributed by atoms with van der Waals surface area (Å²) in [5.74, 6) is -0.411. The van der Waals surface area contributed by atoms with Crippen LogP contribution in [-0.2, 0) is 11.2 Å². The van der Waals surface area contributed by atoms with Gasteiger partial charge in [-0.15, -0.1) is 0 Å². The zero-order valence-corrected chi connectivity index (χ0v) is 16.9. The van der Waals surface area contributed by atoms with Gasteiger partial charge in [0.15, 0.2) is 0 Å². The molecule has 1 unspecified atom stereocenters. The maximum absolute atomic E-state index is 13.8. The lowest BCUT2D eigenvalue weighted by atomic mass is 10.1. The number of benzene rings is 2. The topological polar surface area (TPSA) is 43.9 Å². The van der Waals surface area contributed by atoms with Crippen LogP contribution in [0.5, 0.6) is 0 Å². The number of carbonyl (C=O) groups is 2. The van der Waals surface area contributed by atoms with Crippen LogP contribution in [0, 0.1) is 12.7 Å². The summed E-state index contributed by atoms with van der Waals surface area (Å²) in [5, 5.41) is 0. The van der Waals surface area contributed by atoms with Gasteiger partial charge in [-0.2, -0.15) is 0 Å². The van der Waals surface area contributed by atoms with E-state index in [4.69, 9.17) is 0 Å². The van der Waals surface area contributed by atoms with Gasteiger partial charge in [-0.1, -0.05) is 24.3 Å². The number of rotatable bonds is 3. The Kier molecular flexibility index (Phi) is 5.37. The minimum absolute atomic E-state index is 0.107. The average molecular weight is 395 g/mol. The number of hydrogen-bond donors (Lipinski definition) is 0. The lowest BCUT2D eigenvalue weighted by molar-refractivity contribution is -0.123. The second-order valence-electron chi connectivity index (χ2n) is 7.84. The number of hydrogen-bond acceptors (Lipinski definition) is 3. The molecule has 152 valence electrons. The summed E-state index contributed by atoms with van der Waals surface area (Å²) in [6.45, 7) is 6.66. The Hall–Kier alpha value is -2.73. The Morgan fingerprint density at radius 3 is 2.45 bits per heavy atom. The van der Waals surface area contributed by atoms with Crippen LogP contribution in [-0.4, -0.2) is 60.4 Å². The smallest absolute Gasteiger partial charge is 0.254 e. The van der Waals surface area contributed by atoms with E-state index in [1.54, 1.807) is 24.0 Å². The van der Waals surface area contributed by atoms with Gasteiger partial charge in [-0.3, -0.25) is 14.5 Å². The van der Waals surface area contributed by atoms with E-state index >= 15 is 0 Å². The fourth-order valence-electron chi connectivity index (χ4n) is 4.17. The summed E-state index contributed by atoms with van der Waals surface area (Å²) < 4.78 is 13.8. The fourth-order valence-corrected chi connectivity index (χ4v) is 4.17. The van der Waals surface area contributed by atoms with Crippen LogP contribution in [0.4, 0.5) is 10.1 Å². The molecule has 2 amide bonds. The normalized spacial score (nSPS) is 17.9. The number of aryl methyl sites for hydroxylation is 1. The summed E-state index contributed by atoms with van der Waals surface area (Å²) in [6.07, 6.45) is 0.893. The van der Waals surface area contributed by atoms with Gasteiger partial charge in [-0.05, 0) is 49.6 Å². The van der Waals surface area contributed by atoms with Crippen molar-refractivity contribution in [1.29, 1.82) is 0 Å². The van der Waals surface area contributed by atoms with Crippen molar-refractivity contribution in [1.82, 2.24) is 9.80 Å². The molecule has 0 aliphatic carbocycles. The van der Waals surface area contributed by atoms with Crippen molar-refractivity contribution in [3.8, 4) is 0 Å². The molecule has 1 fully saturated rings. The summed E-state index contributed by atoms with van der Waals surface area (Å²) in [7, 11) is 0. The van der Waals surface area contributed by atoms with Crippen molar-refractivity contribution in [3.63, 3.8) is 0 Å². The third kappa shape index (κ3) is 3.77. The van der Waals surface area contributed by atoms with E-state index in [0.29, 0.717) is 37.3 Å². The molecule has 29 heavy (non-hydrogen) atoms. The molecule has 6 heteroatoms. The number of para-hydroxylation sites is 1. The number of fused-ring (bicyclic) bond motifs is 1. The monoisotopic (exact) mass is 395 g/mol. The molecule has 0 saturated carbocycles. The molecular weight excluding hydrogens is 369 g/mol. The molecule has 4 rings (SSSR count). The summed E-state index contributed by atoms with van der Waals surface area (Å²) in [6, 6.07) is 12.4. The van der Waals surface area contributed by atoms with Gasteiger partial charge in [0.2, 0.25) is 5.91 Å². The predicted octanol–water partition coefficient (Wildman–Crippen LogP) is 2.87. The first-order chi connectivity index (χ1) is 14.0. The van der Waals surface area contributed by atoms with Crippen molar-refractivity contribution >= 4 is 17.5 Å². The van der Waals surface area contributed by atoms with Crippen LogP contribution in [0.3, 0.4) is 0 Å². The predicted molar refractivity (Wildman–Crippen MR) is 111 cm³/mol. The fraction of sp³-hybridized carbons (Fsp3) is 0.391. The molecule has 0 bridgehead atoms. The third-order valence-corrected chi connectivity index (χ3v) is 6.08. The Balaban J connectivity index is 1.37. The molecule has 2 aliphatic rings. The number of anilines is 1.